The fourth-order valence-electron chi connectivity index (χ4n) is 4.33. The second-order valence-corrected chi connectivity index (χ2v) is 8.20. The van der Waals surface area contributed by atoms with E-state index in [1.807, 2.05) is 17.7 Å². The lowest BCUT2D eigenvalue weighted by Gasteiger charge is -2.28. The SMILES string of the molecule is Cc1cc2n(n1)CCCN2C(=O)CCC(=O)Cc1ccc(N2CCCCC2)cc1. The molecule has 1 saturated heterocycles. The number of nitrogens with zero attached hydrogens (tertiary/aromatic N) is 4. The van der Waals surface area contributed by atoms with Gasteiger partial charge in [-0.05, 0) is 50.3 Å². The summed E-state index contributed by atoms with van der Waals surface area (Å²) in [5.74, 6) is 0.991. The van der Waals surface area contributed by atoms with Crippen LogP contribution in [0.5, 0.6) is 0 Å². The van der Waals surface area contributed by atoms with Gasteiger partial charge in [-0.2, -0.15) is 5.10 Å². The summed E-state index contributed by atoms with van der Waals surface area (Å²) in [5, 5.41) is 4.43. The van der Waals surface area contributed by atoms with E-state index in [1.165, 1.54) is 24.9 Å². The van der Waals surface area contributed by atoms with Crippen molar-refractivity contribution in [3.8, 4) is 0 Å². The van der Waals surface area contributed by atoms with Crippen molar-refractivity contribution in [1.82, 2.24) is 9.78 Å². The number of aromatic nitrogens is 2. The molecule has 1 fully saturated rings. The molecular weight excluding hydrogens is 364 g/mol. The van der Waals surface area contributed by atoms with Crippen molar-refractivity contribution >= 4 is 23.2 Å². The van der Waals surface area contributed by atoms with Gasteiger partial charge in [-0.1, -0.05) is 12.1 Å². The Morgan fingerprint density at radius 3 is 2.45 bits per heavy atom. The molecule has 1 aromatic carbocycles. The molecule has 0 atom stereocenters. The van der Waals surface area contributed by atoms with Crippen molar-refractivity contribution in [3.05, 3.63) is 41.6 Å². The molecule has 29 heavy (non-hydrogen) atoms. The zero-order valence-electron chi connectivity index (χ0n) is 17.3. The van der Waals surface area contributed by atoms with Gasteiger partial charge in [0.25, 0.3) is 0 Å². The van der Waals surface area contributed by atoms with Gasteiger partial charge in [-0.25, -0.2) is 4.68 Å². The Morgan fingerprint density at radius 2 is 1.69 bits per heavy atom. The monoisotopic (exact) mass is 394 g/mol. The van der Waals surface area contributed by atoms with Crippen molar-refractivity contribution in [2.75, 3.05) is 29.4 Å². The lowest BCUT2D eigenvalue weighted by Crippen LogP contribution is -2.37. The maximum atomic E-state index is 12.7. The summed E-state index contributed by atoms with van der Waals surface area (Å²) < 4.78 is 1.89. The first-order chi connectivity index (χ1) is 14.1. The number of aryl methyl sites for hydroxylation is 2. The van der Waals surface area contributed by atoms with Crippen LogP contribution in [0.3, 0.4) is 0 Å². The molecule has 0 radical (unpaired) electrons. The number of ketones is 1. The number of carbonyl (C=O) groups excluding carboxylic acids is 2. The number of rotatable bonds is 6. The van der Waals surface area contributed by atoms with Crippen LogP contribution >= 0.6 is 0 Å². The van der Waals surface area contributed by atoms with Crippen LogP contribution in [0.25, 0.3) is 0 Å². The minimum atomic E-state index is 0.0136. The molecule has 6 heteroatoms. The number of fused-ring (bicyclic) bond motifs is 1. The predicted octanol–water partition coefficient (Wildman–Crippen LogP) is 3.51. The Bertz CT molecular complexity index is 866. The fraction of sp³-hybridized carbons (Fsp3) is 0.522. The van der Waals surface area contributed by atoms with E-state index in [0.717, 1.165) is 43.1 Å². The summed E-state index contributed by atoms with van der Waals surface area (Å²) in [4.78, 5) is 29.3. The highest BCUT2D eigenvalue weighted by Gasteiger charge is 2.24. The molecule has 6 nitrogen and oxygen atoms in total. The quantitative estimate of drug-likeness (QED) is 0.752. The van der Waals surface area contributed by atoms with E-state index in [4.69, 9.17) is 0 Å². The summed E-state index contributed by atoms with van der Waals surface area (Å²) in [6, 6.07) is 10.3. The van der Waals surface area contributed by atoms with Gasteiger partial charge in [0.15, 0.2) is 0 Å². The Balaban J connectivity index is 1.28. The first kappa shape index (κ1) is 19.7. The van der Waals surface area contributed by atoms with Crippen LogP contribution in [-0.2, 0) is 22.6 Å². The van der Waals surface area contributed by atoms with Crippen molar-refractivity contribution in [2.45, 2.75) is 58.4 Å². The number of piperidine rings is 1. The average molecular weight is 395 g/mol. The Labute approximate surface area is 172 Å². The predicted molar refractivity (Wildman–Crippen MR) is 114 cm³/mol. The Hall–Kier alpha value is -2.63. The van der Waals surface area contributed by atoms with E-state index in [1.54, 1.807) is 4.90 Å². The molecule has 0 saturated carbocycles. The molecule has 3 heterocycles. The second kappa shape index (κ2) is 8.80. The molecule has 0 N–H and O–H groups in total. The van der Waals surface area contributed by atoms with Crippen molar-refractivity contribution < 1.29 is 9.59 Å². The van der Waals surface area contributed by atoms with E-state index >= 15 is 0 Å². The molecule has 0 unspecified atom stereocenters. The van der Waals surface area contributed by atoms with Gasteiger partial charge in [0.05, 0.1) is 5.69 Å². The molecule has 1 amide bonds. The number of hydrogen-bond acceptors (Lipinski definition) is 4. The smallest absolute Gasteiger partial charge is 0.228 e. The van der Waals surface area contributed by atoms with E-state index in [2.05, 4.69) is 34.3 Å². The number of amides is 1. The van der Waals surface area contributed by atoms with Gasteiger partial charge in [0.1, 0.15) is 11.6 Å². The van der Waals surface area contributed by atoms with Crippen LogP contribution < -0.4 is 9.80 Å². The van der Waals surface area contributed by atoms with Crippen LogP contribution in [0.2, 0.25) is 0 Å². The third kappa shape index (κ3) is 4.69. The highest BCUT2D eigenvalue weighted by atomic mass is 16.2. The van der Waals surface area contributed by atoms with Gasteiger partial charge in [0.2, 0.25) is 5.91 Å². The standard InChI is InChI=1S/C23H30N4O2/c1-18-16-22-26(14-5-15-27(22)24-18)23(29)11-10-21(28)17-19-6-8-20(9-7-19)25-12-3-2-4-13-25/h6-9,16H,2-5,10-15,17H2,1H3. The molecule has 0 bridgehead atoms. The molecule has 2 aromatic rings. The maximum Gasteiger partial charge on any atom is 0.228 e. The topological polar surface area (TPSA) is 58.4 Å². The van der Waals surface area contributed by atoms with Gasteiger partial charge in [-0.15, -0.1) is 0 Å². The maximum absolute atomic E-state index is 12.7. The van der Waals surface area contributed by atoms with Gasteiger partial charge in [-0.3, -0.25) is 14.5 Å². The first-order valence-electron chi connectivity index (χ1n) is 10.8. The summed E-state index contributed by atoms with van der Waals surface area (Å²) in [5.41, 5.74) is 3.19. The average Bonchev–Trinajstić information content (AvgIpc) is 3.13. The number of anilines is 2. The van der Waals surface area contributed by atoms with Crippen molar-refractivity contribution in [1.29, 1.82) is 0 Å². The van der Waals surface area contributed by atoms with Gasteiger partial charge < -0.3 is 4.90 Å². The molecule has 4 rings (SSSR count). The molecule has 0 spiro atoms. The molecule has 1 aromatic heterocycles. The lowest BCUT2D eigenvalue weighted by molar-refractivity contribution is -0.123. The fourth-order valence-corrected chi connectivity index (χ4v) is 4.33. The summed E-state index contributed by atoms with van der Waals surface area (Å²) in [6.45, 7) is 5.73. The van der Waals surface area contributed by atoms with E-state index in [9.17, 15) is 9.59 Å². The summed E-state index contributed by atoms with van der Waals surface area (Å²) in [6.07, 6.45) is 5.67. The van der Waals surface area contributed by atoms with E-state index in [0.29, 0.717) is 13.0 Å². The van der Waals surface area contributed by atoms with Crippen LogP contribution in [0.1, 0.15) is 49.8 Å². The van der Waals surface area contributed by atoms with Crippen LogP contribution in [0, 0.1) is 6.92 Å². The lowest BCUT2D eigenvalue weighted by atomic mass is 10.0. The van der Waals surface area contributed by atoms with Crippen molar-refractivity contribution in [3.63, 3.8) is 0 Å². The van der Waals surface area contributed by atoms with Gasteiger partial charge in [0, 0.05) is 57.2 Å². The van der Waals surface area contributed by atoms with Crippen LogP contribution in [0.15, 0.2) is 30.3 Å². The summed E-state index contributed by atoms with van der Waals surface area (Å²) in [7, 11) is 0. The minimum Gasteiger partial charge on any atom is -0.372 e. The highest BCUT2D eigenvalue weighted by molar-refractivity contribution is 5.95. The van der Waals surface area contributed by atoms with E-state index < -0.39 is 0 Å². The molecule has 2 aliphatic heterocycles. The number of carbonyl (C=O) groups is 2. The zero-order chi connectivity index (χ0) is 20.2. The van der Waals surface area contributed by atoms with Crippen molar-refractivity contribution in [2.24, 2.45) is 0 Å². The zero-order valence-corrected chi connectivity index (χ0v) is 17.3. The van der Waals surface area contributed by atoms with Gasteiger partial charge >= 0.3 is 0 Å². The highest BCUT2D eigenvalue weighted by Crippen LogP contribution is 2.23. The van der Waals surface area contributed by atoms with Crippen LogP contribution in [0.4, 0.5) is 11.5 Å². The molecule has 2 aliphatic rings. The van der Waals surface area contributed by atoms with Crippen LogP contribution in [-0.4, -0.2) is 41.1 Å². The normalized spacial score (nSPS) is 16.6. The number of Topliss-reactive ketones (excluding diaryl/α,β-unsaturated/α-hetero) is 1. The molecular formula is C23H30N4O2. The summed E-state index contributed by atoms with van der Waals surface area (Å²) >= 11 is 0. The number of benzene rings is 1. The third-order valence-corrected chi connectivity index (χ3v) is 5.89. The third-order valence-electron chi connectivity index (χ3n) is 5.89. The molecule has 0 aliphatic carbocycles. The largest absolute Gasteiger partial charge is 0.372 e. The Morgan fingerprint density at radius 1 is 0.931 bits per heavy atom. The van der Waals surface area contributed by atoms with E-state index in [-0.39, 0.29) is 24.5 Å². The first-order valence-corrected chi connectivity index (χ1v) is 10.8. The Kier molecular flexibility index (Phi) is 5.97. The minimum absolute atomic E-state index is 0.0136. The number of hydrogen-bond donors (Lipinski definition) is 0. The molecule has 154 valence electrons. The second-order valence-electron chi connectivity index (χ2n) is 8.20.